The van der Waals surface area contributed by atoms with E-state index in [0.29, 0.717) is 0 Å². The van der Waals surface area contributed by atoms with Crippen molar-refractivity contribution in [1.82, 2.24) is 0 Å². The van der Waals surface area contributed by atoms with E-state index in [9.17, 15) is 0 Å². The molecular weight excluding hydrogens is 199 g/mol. The Kier molecular flexibility index (Phi) is 6.71. The zero-order chi connectivity index (χ0) is 8.27. The molecule has 0 heterocycles. The molecule has 0 aliphatic rings. The third kappa shape index (κ3) is 3.68. The fourth-order valence-electron chi connectivity index (χ4n) is 0.792. The Bertz CT molecular complexity index is 231. The normalized spacial score (nSPS) is 8.58. The molecule has 0 aliphatic carbocycles. The van der Waals surface area contributed by atoms with Crippen molar-refractivity contribution in [3.8, 4) is 11.5 Å². The quantitative estimate of drug-likeness (QED) is 0.586. The van der Waals surface area contributed by atoms with Gasteiger partial charge in [0.25, 0.3) is 0 Å². The first-order chi connectivity index (χ1) is 5.26. The van der Waals surface area contributed by atoms with Crippen LogP contribution in [-0.4, -0.2) is 65.6 Å². The molecule has 2 nitrogen and oxygen atoms in total. The molecule has 0 saturated heterocycles. The Morgan fingerprint density at radius 1 is 1.00 bits per heavy atom. The summed E-state index contributed by atoms with van der Waals surface area (Å²) in [6, 6.07) is 5.46. The average Bonchev–Trinajstić information content (AvgIpc) is 2.03. The summed E-state index contributed by atoms with van der Waals surface area (Å²) in [5, 5.41) is 0. The van der Waals surface area contributed by atoms with Gasteiger partial charge in [0.2, 0.25) is 0 Å². The zero-order valence-corrected chi connectivity index (χ0v) is 7.39. The van der Waals surface area contributed by atoms with Gasteiger partial charge in [-0.1, -0.05) is 0 Å². The average molecular weight is 210 g/mol. The van der Waals surface area contributed by atoms with Crippen molar-refractivity contribution in [3.05, 3.63) is 18.2 Å². The summed E-state index contributed by atoms with van der Waals surface area (Å²) in [5.74, 6) is 1.52. The molecule has 0 amide bonds. The number of hydrogen-bond donors (Lipinski definition) is 1. The van der Waals surface area contributed by atoms with E-state index in [1.807, 2.05) is 12.1 Å². The molecule has 0 spiro atoms. The molecule has 12 heavy (non-hydrogen) atoms. The van der Waals surface area contributed by atoms with Crippen LogP contribution in [0.15, 0.2) is 23.1 Å². The van der Waals surface area contributed by atoms with Crippen LogP contribution in [0.2, 0.25) is 0 Å². The zero-order valence-electron chi connectivity index (χ0n) is 6.50. The van der Waals surface area contributed by atoms with Crippen LogP contribution in [0.4, 0.5) is 0 Å². The van der Waals surface area contributed by atoms with Crippen molar-refractivity contribution in [1.29, 1.82) is 0 Å². The van der Waals surface area contributed by atoms with Crippen molar-refractivity contribution in [2.24, 2.45) is 0 Å². The summed E-state index contributed by atoms with van der Waals surface area (Å²) in [6.45, 7) is 0. The number of ether oxygens (including phenoxy) is 2. The van der Waals surface area contributed by atoms with Crippen molar-refractivity contribution in [2.75, 3.05) is 14.2 Å². The van der Waals surface area contributed by atoms with Crippen molar-refractivity contribution in [2.45, 2.75) is 4.90 Å². The van der Waals surface area contributed by atoms with Gasteiger partial charge in [-0.15, -0.1) is 12.6 Å². The Morgan fingerprint density at radius 3 is 1.75 bits per heavy atom. The van der Waals surface area contributed by atoms with E-state index < -0.39 is 0 Å². The van der Waals surface area contributed by atoms with Gasteiger partial charge < -0.3 is 9.47 Å². The van der Waals surface area contributed by atoms with E-state index in [4.69, 9.17) is 9.47 Å². The monoisotopic (exact) mass is 210 g/mol. The third-order valence-corrected chi connectivity index (χ3v) is 1.59. The second kappa shape index (κ2) is 6.29. The number of thiol groups is 1. The molecule has 0 N–H and O–H groups in total. The van der Waals surface area contributed by atoms with Gasteiger partial charge in [0.15, 0.2) is 0 Å². The molecule has 4 heteroatoms. The summed E-state index contributed by atoms with van der Waals surface area (Å²) in [7, 11) is 3.23. The van der Waals surface area contributed by atoms with E-state index in [1.165, 1.54) is 0 Å². The number of rotatable bonds is 2. The van der Waals surface area contributed by atoms with Gasteiger partial charge in [-0.3, -0.25) is 0 Å². The minimum absolute atomic E-state index is 0. The van der Waals surface area contributed by atoms with Crippen LogP contribution >= 0.6 is 12.6 Å². The summed E-state index contributed by atoms with van der Waals surface area (Å²) in [6.07, 6.45) is 0. The van der Waals surface area contributed by atoms with E-state index in [0.717, 1.165) is 16.4 Å². The Morgan fingerprint density at radius 2 is 1.42 bits per heavy atom. The topological polar surface area (TPSA) is 18.5 Å². The van der Waals surface area contributed by atoms with Crippen molar-refractivity contribution < 1.29 is 9.47 Å². The molecule has 0 aliphatic heterocycles. The second-order valence-electron chi connectivity index (χ2n) is 2.07. The minimum atomic E-state index is 0. The first-order valence-corrected chi connectivity index (χ1v) is 3.63. The van der Waals surface area contributed by atoms with Gasteiger partial charge in [0.05, 0.1) is 14.2 Å². The molecule has 0 saturated carbocycles. The summed E-state index contributed by atoms with van der Waals surface area (Å²) >= 11 is 4.17. The first-order valence-electron chi connectivity index (χ1n) is 3.18. The second-order valence-corrected chi connectivity index (χ2v) is 2.59. The number of benzene rings is 1. The maximum absolute atomic E-state index is 5.01. The van der Waals surface area contributed by atoms with Gasteiger partial charge in [-0.25, -0.2) is 0 Å². The fraction of sp³-hybridized carbons (Fsp3) is 0.250. The molecule has 0 fully saturated rings. The summed E-state index contributed by atoms with van der Waals surface area (Å²) in [5.41, 5.74) is 0. The Hall–Kier alpha value is 0.806. The van der Waals surface area contributed by atoms with Gasteiger partial charge in [-0.2, -0.15) is 0 Å². The molecule has 0 unspecified atom stereocenters. The molecule has 1 aromatic rings. The predicted octanol–water partition coefficient (Wildman–Crippen LogP) is 1.34. The van der Waals surface area contributed by atoms with E-state index in [-0.39, 0.29) is 51.4 Å². The van der Waals surface area contributed by atoms with Gasteiger partial charge in [-0.05, 0) is 12.1 Å². The molecule has 0 bridgehead atoms. The van der Waals surface area contributed by atoms with Crippen LogP contribution < -0.4 is 9.47 Å². The van der Waals surface area contributed by atoms with Gasteiger partial charge in [0, 0.05) is 11.0 Å². The molecule has 1 aromatic carbocycles. The summed E-state index contributed by atoms with van der Waals surface area (Å²) in [4.78, 5) is 0.834. The number of methoxy groups -OCH3 is 2. The Balaban J connectivity index is 0.00000121. The third-order valence-electron chi connectivity index (χ3n) is 1.34. The van der Waals surface area contributed by atoms with Crippen LogP contribution in [-0.2, 0) is 0 Å². The van der Waals surface area contributed by atoms with Gasteiger partial charge >= 0.3 is 51.4 Å². The molecule has 0 aromatic heterocycles. The van der Waals surface area contributed by atoms with Crippen LogP contribution in [0.25, 0.3) is 0 Å². The molecule has 0 radical (unpaired) electrons. The van der Waals surface area contributed by atoms with Crippen molar-refractivity contribution >= 4 is 64.0 Å². The fourth-order valence-corrected chi connectivity index (χ4v) is 1.05. The first kappa shape index (κ1) is 12.8. The van der Waals surface area contributed by atoms with Crippen LogP contribution in [0.3, 0.4) is 0 Å². The van der Waals surface area contributed by atoms with E-state index >= 15 is 0 Å². The van der Waals surface area contributed by atoms with Crippen molar-refractivity contribution in [3.63, 3.8) is 0 Å². The molecule has 1 rings (SSSR count). The maximum atomic E-state index is 5.01. The van der Waals surface area contributed by atoms with Crippen LogP contribution in [0.1, 0.15) is 0 Å². The molecule has 0 atom stereocenters. The van der Waals surface area contributed by atoms with Crippen LogP contribution in [0, 0.1) is 0 Å². The summed E-state index contributed by atoms with van der Waals surface area (Å²) < 4.78 is 10.0. The predicted molar refractivity (Wildman–Crippen MR) is 53.9 cm³/mol. The molecular formula is C8H11KO2S. The van der Waals surface area contributed by atoms with Gasteiger partial charge in [0.1, 0.15) is 11.5 Å². The molecule has 62 valence electrons. The van der Waals surface area contributed by atoms with Crippen LogP contribution in [0.5, 0.6) is 11.5 Å². The van der Waals surface area contributed by atoms with E-state index in [2.05, 4.69) is 12.6 Å². The Labute approximate surface area is 120 Å². The number of hydrogen-bond acceptors (Lipinski definition) is 3. The van der Waals surface area contributed by atoms with E-state index in [1.54, 1.807) is 20.3 Å². The SMILES string of the molecule is COc1cc(S)cc(OC)c1.[KH]. The standard InChI is InChI=1S/C8H10O2S.K.H/c1-9-6-3-7(10-2)5-8(11)4-6;;/h3-5,11H,1-2H3;;.